The molecule has 3 rings (SSSR count). The lowest BCUT2D eigenvalue weighted by Gasteiger charge is -2.24. The number of benzene rings is 3. The van der Waals surface area contributed by atoms with Gasteiger partial charge in [0, 0.05) is 10.5 Å². The molecule has 3 aromatic carbocycles. The summed E-state index contributed by atoms with van der Waals surface area (Å²) >= 11 is 1.51. The number of hydrazone groups is 1. The molecule has 0 radical (unpaired) electrons. The van der Waals surface area contributed by atoms with Gasteiger partial charge in [0.1, 0.15) is 12.3 Å². The van der Waals surface area contributed by atoms with Crippen molar-refractivity contribution in [3.8, 4) is 5.75 Å². The summed E-state index contributed by atoms with van der Waals surface area (Å²) in [4.78, 5) is 13.7. The predicted molar refractivity (Wildman–Crippen MR) is 132 cm³/mol. The van der Waals surface area contributed by atoms with Crippen molar-refractivity contribution in [2.45, 2.75) is 23.6 Å². The minimum absolute atomic E-state index is 0.0329. The minimum Gasteiger partial charge on any atom is -0.507 e. The number of thioether (sulfide) groups is 1. The van der Waals surface area contributed by atoms with E-state index in [0.717, 1.165) is 14.8 Å². The average molecular weight is 484 g/mol. The van der Waals surface area contributed by atoms with Gasteiger partial charge in [0.15, 0.2) is 0 Å². The fourth-order valence-corrected chi connectivity index (χ4v) is 4.88. The highest BCUT2D eigenvalue weighted by Gasteiger charge is 2.27. The average Bonchev–Trinajstić information content (AvgIpc) is 2.82. The van der Waals surface area contributed by atoms with Crippen LogP contribution in [0.2, 0.25) is 0 Å². The number of sulfonamides is 1. The molecule has 0 unspecified atom stereocenters. The molecule has 9 heteroatoms. The number of nitrogens with one attached hydrogen (secondary N) is 1. The number of nitrogens with zero attached hydrogens (tertiary/aromatic N) is 2. The molecular weight excluding hydrogens is 458 g/mol. The third-order valence-corrected chi connectivity index (χ3v) is 7.43. The van der Waals surface area contributed by atoms with Crippen molar-refractivity contribution in [3.63, 3.8) is 0 Å². The number of aryl methyl sites for hydroxylation is 1. The third kappa shape index (κ3) is 5.94. The summed E-state index contributed by atoms with van der Waals surface area (Å²) in [7, 11) is -4.01. The normalized spacial score (nSPS) is 11.8. The smallest absolute Gasteiger partial charge is 0.264 e. The van der Waals surface area contributed by atoms with Crippen molar-refractivity contribution in [2.24, 2.45) is 5.10 Å². The number of para-hydroxylation sites is 1. The van der Waals surface area contributed by atoms with E-state index in [4.69, 9.17) is 0 Å². The third-order valence-electron chi connectivity index (χ3n) is 4.90. The first-order valence-corrected chi connectivity index (χ1v) is 12.7. The van der Waals surface area contributed by atoms with Crippen LogP contribution in [0.5, 0.6) is 5.75 Å². The van der Waals surface area contributed by atoms with E-state index in [1.54, 1.807) is 61.5 Å². The molecule has 7 nitrogen and oxygen atoms in total. The highest BCUT2D eigenvalue weighted by Crippen LogP contribution is 2.25. The molecule has 0 spiro atoms. The van der Waals surface area contributed by atoms with Crippen molar-refractivity contribution in [3.05, 3.63) is 83.9 Å². The largest absolute Gasteiger partial charge is 0.507 e. The molecule has 0 aliphatic carbocycles. The van der Waals surface area contributed by atoms with Crippen LogP contribution >= 0.6 is 11.8 Å². The monoisotopic (exact) mass is 483 g/mol. The van der Waals surface area contributed by atoms with Gasteiger partial charge in [0.05, 0.1) is 16.3 Å². The summed E-state index contributed by atoms with van der Waals surface area (Å²) in [6, 6.07) is 20.0. The molecule has 0 aromatic heterocycles. The first-order valence-electron chi connectivity index (χ1n) is 10.1. The van der Waals surface area contributed by atoms with Crippen molar-refractivity contribution in [1.29, 1.82) is 0 Å². The lowest BCUT2D eigenvalue weighted by Crippen LogP contribution is -2.39. The summed E-state index contributed by atoms with van der Waals surface area (Å²) < 4.78 is 27.9. The standard InChI is InChI=1S/C24H25N3O4S2/c1-17-8-10-19(11-9-17)27(33(30,31)21-14-12-20(32-3)13-15-21)16-24(29)26-25-18(2)22-6-4-5-7-23(22)28/h4-15,28H,16H2,1-3H3,(H,26,29)/b25-18-. The number of amides is 1. The van der Waals surface area contributed by atoms with Gasteiger partial charge < -0.3 is 5.11 Å². The summed E-state index contributed by atoms with van der Waals surface area (Å²) in [6.45, 7) is 3.07. The van der Waals surface area contributed by atoms with E-state index in [1.807, 2.05) is 13.2 Å². The van der Waals surface area contributed by atoms with Gasteiger partial charge in [-0.25, -0.2) is 13.8 Å². The molecular formula is C24H25N3O4S2. The Balaban J connectivity index is 1.88. The van der Waals surface area contributed by atoms with Crippen LogP contribution in [0, 0.1) is 6.92 Å². The number of carbonyl (C=O) groups is 1. The van der Waals surface area contributed by atoms with Crippen LogP contribution in [0.25, 0.3) is 0 Å². The topological polar surface area (TPSA) is 99.1 Å². The molecule has 0 fully saturated rings. The Labute approximate surface area is 198 Å². The van der Waals surface area contributed by atoms with Gasteiger partial charge in [-0.15, -0.1) is 11.8 Å². The van der Waals surface area contributed by atoms with Crippen LogP contribution in [-0.4, -0.2) is 37.9 Å². The van der Waals surface area contributed by atoms with Crippen LogP contribution in [0.4, 0.5) is 5.69 Å². The molecule has 0 bridgehead atoms. The second kappa shape index (κ2) is 10.5. The highest BCUT2D eigenvalue weighted by atomic mass is 32.2. The Hall–Kier alpha value is -3.30. The Morgan fingerprint density at radius 1 is 1.03 bits per heavy atom. The van der Waals surface area contributed by atoms with Gasteiger partial charge in [-0.3, -0.25) is 9.10 Å². The molecule has 0 saturated heterocycles. The first-order chi connectivity index (χ1) is 15.7. The minimum atomic E-state index is -4.01. The zero-order chi connectivity index (χ0) is 24.0. The van der Waals surface area contributed by atoms with Gasteiger partial charge in [-0.1, -0.05) is 29.8 Å². The number of phenolic OH excluding ortho intramolecular Hbond substituents is 1. The van der Waals surface area contributed by atoms with Gasteiger partial charge in [-0.2, -0.15) is 5.10 Å². The highest BCUT2D eigenvalue weighted by molar-refractivity contribution is 7.98. The Morgan fingerprint density at radius 2 is 1.67 bits per heavy atom. The van der Waals surface area contributed by atoms with E-state index in [2.05, 4.69) is 10.5 Å². The zero-order valence-electron chi connectivity index (χ0n) is 18.5. The van der Waals surface area contributed by atoms with Crippen LogP contribution in [0.1, 0.15) is 18.1 Å². The van der Waals surface area contributed by atoms with Crippen LogP contribution in [-0.2, 0) is 14.8 Å². The van der Waals surface area contributed by atoms with Crippen LogP contribution in [0.15, 0.2) is 87.7 Å². The molecule has 0 heterocycles. The molecule has 33 heavy (non-hydrogen) atoms. The van der Waals surface area contributed by atoms with E-state index in [-0.39, 0.29) is 10.6 Å². The van der Waals surface area contributed by atoms with E-state index in [1.165, 1.54) is 30.0 Å². The van der Waals surface area contributed by atoms with Crippen molar-refractivity contribution in [1.82, 2.24) is 5.43 Å². The maximum atomic E-state index is 13.4. The van der Waals surface area contributed by atoms with Crippen LogP contribution < -0.4 is 9.73 Å². The number of hydrogen-bond acceptors (Lipinski definition) is 6. The Bertz CT molecular complexity index is 1260. The van der Waals surface area contributed by atoms with Gasteiger partial charge in [-0.05, 0) is 68.6 Å². The van der Waals surface area contributed by atoms with Gasteiger partial charge in [0.2, 0.25) is 0 Å². The maximum absolute atomic E-state index is 13.4. The maximum Gasteiger partial charge on any atom is 0.264 e. The van der Waals surface area contributed by atoms with E-state index >= 15 is 0 Å². The second-order valence-electron chi connectivity index (χ2n) is 7.27. The first kappa shape index (κ1) is 24.3. The molecule has 2 N–H and O–H groups in total. The molecule has 172 valence electrons. The number of hydrogen-bond donors (Lipinski definition) is 2. The fraction of sp³-hybridized carbons (Fsp3) is 0.167. The molecule has 1 amide bonds. The molecule has 0 saturated carbocycles. The molecule has 0 atom stereocenters. The van der Waals surface area contributed by atoms with E-state index < -0.39 is 22.5 Å². The fourth-order valence-electron chi connectivity index (χ4n) is 3.05. The summed E-state index contributed by atoms with van der Waals surface area (Å²) in [5.41, 5.74) is 4.58. The molecule has 0 aliphatic rings. The Morgan fingerprint density at radius 3 is 2.27 bits per heavy atom. The number of rotatable bonds is 8. The number of carbonyl (C=O) groups excluding carboxylic acids is 1. The van der Waals surface area contributed by atoms with Crippen molar-refractivity contribution >= 4 is 39.1 Å². The molecule has 3 aromatic rings. The zero-order valence-corrected chi connectivity index (χ0v) is 20.2. The van der Waals surface area contributed by atoms with E-state index in [0.29, 0.717) is 17.0 Å². The lowest BCUT2D eigenvalue weighted by atomic mass is 10.1. The number of phenols is 1. The Kier molecular flexibility index (Phi) is 7.78. The number of aromatic hydroxyl groups is 1. The molecule has 0 aliphatic heterocycles. The van der Waals surface area contributed by atoms with Crippen molar-refractivity contribution in [2.75, 3.05) is 17.1 Å². The SMILES string of the molecule is CSc1ccc(S(=O)(=O)N(CC(=O)N/N=C(/C)c2ccccc2O)c2ccc(C)cc2)cc1. The summed E-state index contributed by atoms with van der Waals surface area (Å²) in [5, 5.41) is 14.0. The van der Waals surface area contributed by atoms with Crippen LogP contribution in [0.3, 0.4) is 0 Å². The lowest BCUT2D eigenvalue weighted by molar-refractivity contribution is -0.119. The summed E-state index contributed by atoms with van der Waals surface area (Å²) in [5.74, 6) is -0.583. The van der Waals surface area contributed by atoms with Gasteiger partial charge >= 0.3 is 0 Å². The quantitative estimate of drug-likeness (QED) is 0.285. The number of anilines is 1. The second-order valence-corrected chi connectivity index (χ2v) is 10.0. The van der Waals surface area contributed by atoms with Crippen molar-refractivity contribution < 1.29 is 18.3 Å². The van der Waals surface area contributed by atoms with E-state index in [9.17, 15) is 18.3 Å². The van der Waals surface area contributed by atoms with Gasteiger partial charge in [0.25, 0.3) is 15.9 Å². The predicted octanol–water partition coefficient (Wildman–Crippen LogP) is 4.16. The summed E-state index contributed by atoms with van der Waals surface area (Å²) in [6.07, 6.45) is 1.91.